The third-order valence-corrected chi connectivity index (χ3v) is 7.44. The molecule has 0 bridgehead atoms. The highest BCUT2D eigenvalue weighted by Gasteiger charge is 2.54. The molecule has 3 aromatic rings. The molecule has 0 aromatic heterocycles. The van der Waals surface area contributed by atoms with E-state index in [1.54, 1.807) is 14.2 Å². The standard InChI is InChI=1S/C27H31B2N3O4/c1-26(2)27(3,4)36-29(35-26)23(18-13-15-19(34-6)16-14-18)24(25(33)30-5)28-31-20-11-7-9-17-10-8-12-21(32-28)22(17)20/h7-16,31-32H,1-6H3,(H,30,33)/b24-23+. The Balaban J connectivity index is 1.70. The van der Waals surface area contributed by atoms with Crippen molar-refractivity contribution in [3.63, 3.8) is 0 Å². The van der Waals surface area contributed by atoms with Gasteiger partial charge in [-0.05, 0) is 68.4 Å². The van der Waals surface area contributed by atoms with Crippen molar-refractivity contribution in [2.24, 2.45) is 0 Å². The molecular weight excluding hydrogens is 452 g/mol. The minimum absolute atomic E-state index is 0.230. The van der Waals surface area contributed by atoms with E-state index in [9.17, 15) is 4.79 Å². The molecule has 36 heavy (non-hydrogen) atoms. The van der Waals surface area contributed by atoms with Gasteiger partial charge in [0.15, 0.2) is 0 Å². The fourth-order valence-corrected chi connectivity index (χ4v) is 4.77. The van der Waals surface area contributed by atoms with Crippen LogP contribution in [-0.4, -0.2) is 45.4 Å². The molecule has 2 aliphatic heterocycles. The molecule has 0 spiro atoms. The van der Waals surface area contributed by atoms with Crippen LogP contribution >= 0.6 is 0 Å². The van der Waals surface area contributed by atoms with Gasteiger partial charge in [-0.15, -0.1) is 0 Å². The third kappa shape index (κ3) is 4.02. The van der Waals surface area contributed by atoms with Crippen molar-refractivity contribution < 1.29 is 18.8 Å². The van der Waals surface area contributed by atoms with Crippen molar-refractivity contribution in [1.29, 1.82) is 0 Å². The van der Waals surface area contributed by atoms with E-state index in [1.165, 1.54) is 0 Å². The van der Waals surface area contributed by atoms with E-state index >= 15 is 0 Å². The van der Waals surface area contributed by atoms with Crippen molar-refractivity contribution in [1.82, 2.24) is 5.32 Å². The fraction of sp³-hybridized carbons (Fsp3) is 0.296. The van der Waals surface area contributed by atoms with Crippen LogP contribution in [0.25, 0.3) is 16.2 Å². The van der Waals surface area contributed by atoms with E-state index in [0.717, 1.165) is 33.5 Å². The Labute approximate surface area is 212 Å². The molecule has 0 saturated carbocycles. The normalized spacial score (nSPS) is 18.3. The van der Waals surface area contributed by atoms with Crippen LogP contribution < -0.4 is 20.5 Å². The highest BCUT2D eigenvalue weighted by atomic mass is 16.7. The molecular formula is C27H31B2N3O4. The summed E-state index contributed by atoms with van der Waals surface area (Å²) in [5.74, 6) is 0.495. The molecule has 3 N–H and O–H groups in total. The number of amides is 1. The minimum Gasteiger partial charge on any atom is -0.497 e. The Morgan fingerprint density at radius 2 is 1.44 bits per heavy atom. The molecule has 0 atom stereocenters. The van der Waals surface area contributed by atoms with Crippen molar-refractivity contribution in [3.05, 3.63) is 71.7 Å². The van der Waals surface area contributed by atoms with E-state index in [4.69, 9.17) is 14.0 Å². The monoisotopic (exact) mass is 483 g/mol. The summed E-state index contributed by atoms with van der Waals surface area (Å²) >= 11 is 0. The molecule has 0 radical (unpaired) electrons. The number of nitrogens with one attached hydrogen (secondary N) is 3. The summed E-state index contributed by atoms with van der Waals surface area (Å²) in [7, 11) is 2.51. The smallest absolute Gasteiger partial charge is 0.495 e. The lowest BCUT2D eigenvalue weighted by Crippen LogP contribution is -2.46. The molecule has 1 saturated heterocycles. The second kappa shape index (κ2) is 8.91. The van der Waals surface area contributed by atoms with Gasteiger partial charge in [0.1, 0.15) is 5.75 Å². The molecule has 1 fully saturated rings. The van der Waals surface area contributed by atoms with Crippen molar-refractivity contribution in [2.45, 2.75) is 38.9 Å². The summed E-state index contributed by atoms with van der Waals surface area (Å²) in [5.41, 5.74) is 2.73. The van der Waals surface area contributed by atoms with Crippen molar-refractivity contribution >= 4 is 47.6 Å². The van der Waals surface area contributed by atoms with Gasteiger partial charge < -0.3 is 29.8 Å². The first kappa shape index (κ1) is 24.3. The number of likely N-dealkylation sites (N-methyl/N-ethyl adjacent to an activating group) is 1. The van der Waals surface area contributed by atoms with Gasteiger partial charge in [-0.2, -0.15) is 0 Å². The summed E-state index contributed by atoms with van der Waals surface area (Å²) in [4.78, 5) is 13.6. The van der Waals surface area contributed by atoms with Gasteiger partial charge in [0.25, 0.3) is 0 Å². The lowest BCUT2D eigenvalue weighted by molar-refractivity contribution is -0.116. The molecule has 2 aliphatic rings. The lowest BCUT2D eigenvalue weighted by atomic mass is 9.56. The first-order chi connectivity index (χ1) is 17.1. The first-order valence-electron chi connectivity index (χ1n) is 12.2. The Morgan fingerprint density at radius 1 is 0.889 bits per heavy atom. The number of carbonyl (C=O) groups excluding carboxylic acids is 1. The highest BCUT2D eigenvalue weighted by molar-refractivity contribution is 6.85. The second-order valence-electron chi connectivity index (χ2n) is 10.2. The van der Waals surface area contributed by atoms with Gasteiger partial charge in [0.2, 0.25) is 5.91 Å². The zero-order valence-corrected chi connectivity index (χ0v) is 21.6. The number of methoxy groups -OCH3 is 1. The van der Waals surface area contributed by atoms with Gasteiger partial charge >= 0.3 is 14.1 Å². The average Bonchev–Trinajstić information content (AvgIpc) is 3.08. The van der Waals surface area contributed by atoms with Crippen molar-refractivity contribution in [3.8, 4) is 5.75 Å². The second-order valence-corrected chi connectivity index (χ2v) is 10.2. The van der Waals surface area contributed by atoms with Crippen molar-refractivity contribution in [2.75, 3.05) is 24.6 Å². The zero-order chi connectivity index (χ0) is 25.7. The highest BCUT2D eigenvalue weighted by Crippen LogP contribution is 2.43. The predicted molar refractivity (Wildman–Crippen MR) is 147 cm³/mol. The lowest BCUT2D eigenvalue weighted by Gasteiger charge is -2.32. The molecule has 0 aliphatic carbocycles. The number of ether oxygens (including phenoxy) is 1. The van der Waals surface area contributed by atoms with Crippen LogP contribution in [0.3, 0.4) is 0 Å². The minimum atomic E-state index is -0.757. The fourth-order valence-electron chi connectivity index (χ4n) is 4.77. The van der Waals surface area contributed by atoms with Crippen LogP contribution in [-0.2, 0) is 14.1 Å². The van der Waals surface area contributed by atoms with Gasteiger partial charge in [0, 0.05) is 29.3 Å². The molecule has 7 nitrogen and oxygen atoms in total. The summed E-state index contributed by atoms with van der Waals surface area (Å²) in [5, 5.41) is 12.1. The van der Waals surface area contributed by atoms with Gasteiger partial charge in [0.05, 0.1) is 18.3 Å². The average molecular weight is 483 g/mol. The van der Waals surface area contributed by atoms with Crippen LogP contribution in [0, 0.1) is 0 Å². The maximum atomic E-state index is 13.6. The van der Waals surface area contributed by atoms with Crippen LogP contribution in [0.1, 0.15) is 33.3 Å². The Bertz CT molecular complexity index is 1300. The first-order valence-corrected chi connectivity index (χ1v) is 12.2. The van der Waals surface area contributed by atoms with E-state index in [0.29, 0.717) is 10.9 Å². The molecule has 9 heteroatoms. The largest absolute Gasteiger partial charge is 0.497 e. The maximum Gasteiger partial charge on any atom is 0.495 e. The predicted octanol–water partition coefficient (Wildman–Crippen LogP) is 4.54. The maximum absolute atomic E-state index is 13.6. The molecule has 5 rings (SSSR count). The third-order valence-electron chi connectivity index (χ3n) is 7.44. The quantitative estimate of drug-likeness (QED) is 0.365. The van der Waals surface area contributed by atoms with Crippen LogP contribution in [0.5, 0.6) is 5.75 Å². The van der Waals surface area contributed by atoms with Crippen LogP contribution in [0.2, 0.25) is 0 Å². The zero-order valence-electron chi connectivity index (χ0n) is 21.6. The SMILES string of the molecule is CNC(=O)/C(B1Nc2cccc3cccc(c23)N1)=C(\B1OC(C)(C)C(C)(C)O1)c1ccc(OC)cc1. The summed E-state index contributed by atoms with van der Waals surface area (Å²) in [6.07, 6.45) is 0. The number of rotatable bonds is 5. The topological polar surface area (TPSA) is 80.9 Å². The summed E-state index contributed by atoms with van der Waals surface area (Å²) in [6, 6.07) is 19.9. The molecule has 2 heterocycles. The number of carbonyl (C=O) groups is 1. The van der Waals surface area contributed by atoms with Gasteiger partial charge in [-0.3, -0.25) is 4.79 Å². The summed E-state index contributed by atoms with van der Waals surface area (Å²) in [6.45, 7) is 7.50. The number of benzene rings is 3. The molecule has 184 valence electrons. The van der Waals surface area contributed by atoms with Gasteiger partial charge in [-0.25, -0.2) is 0 Å². The van der Waals surface area contributed by atoms with Crippen LogP contribution in [0.4, 0.5) is 11.4 Å². The van der Waals surface area contributed by atoms with E-state index in [1.807, 2.05) is 76.2 Å². The molecule has 3 aromatic carbocycles. The van der Waals surface area contributed by atoms with Crippen LogP contribution in [0.15, 0.2) is 66.1 Å². The number of anilines is 2. The Kier molecular flexibility index (Phi) is 6.01. The summed E-state index contributed by atoms with van der Waals surface area (Å²) < 4.78 is 18.3. The van der Waals surface area contributed by atoms with Gasteiger partial charge in [-0.1, -0.05) is 36.4 Å². The van der Waals surface area contributed by atoms with E-state index in [2.05, 4.69) is 27.9 Å². The Hall–Kier alpha value is -3.42. The molecule has 1 amide bonds. The molecule has 0 unspecified atom stereocenters. The van der Waals surface area contributed by atoms with E-state index in [-0.39, 0.29) is 5.91 Å². The number of hydrogen-bond acceptors (Lipinski definition) is 6. The van der Waals surface area contributed by atoms with E-state index < -0.39 is 25.3 Å². The Morgan fingerprint density at radius 3 is 1.94 bits per heavy atom. The number of hydrogen-bond donors (Lipinski definition) is 3.